The summed E-state index contributed by atoms with van der Waals surface area (Å²) < 4.78 is 0. The highest BCUT2D eigenvalue weighted by atomic mass is 14.7. The fourth-order valence-corrected chi connectivity index (χ4v) is 2.38. The van der Waals surface area contributed by atoms with Crippen LogP contribution < -0.4 is 0 Å². The van der Waals surface area contributed by atoms with Gasteiger partial charge in [0.15, 0.2) is 0 Å². The van der Waals surface area contributed by atoms with E-state index in [1.807, 2.05) is 13.8 Å². The first-order valence-corrected chi connectivity index (χ1v) is 8.42. The zero-order valence-corrected chi connectivity index (χ0v) is 15.0. The van der Waals surface area contributed by atoms with E-state index >= 15 is 0 Å². The summed E-state index contributed by atoms with van der Waals surface area (Å²) in [6.45, 7) is 17.7. The van der Waals surface area contributed by atoms with Crippen LogP contribution in [0.15, 0.2) is 18.3 Å². The highest BCUT2D eigenvalue weighted by Gasteiger charge is 2.26. The number of aromatic nitrogens is 1. The molecular formula is C19H35N. The summed E-state index contributed by atoms with van der Waals surface area (Å²) >= 11 is 0. The summed E-state index contributed by atoms with van der Waals surface area (Å²) in [4.78, 5) is 4.75. The monoisotopic (exact) mass is 277 g/mol. The van der Waals surface area contributed by atoms with Gasteiger partial charge in [-0.15, -0.1) is 0 Å². The Labute approximate surface area is 127 Å². The topological polar surface area (TPSA) is 12.9 Å². The quantitative estimate of drug-likeness (QED) is 0.597. The molecule has 116 valence electrons. The first kappa shape index (κ1) is 19.1. The van der Waals surface area contributed by atoms with Gasteiger partial charge < -0.3 is 0 Å². The van der Waals surface area contributed by atoms with Crippen LogP contribution >= 0.6 is 0 Å². The van der Waals surface area contributed by atoms with Gasteiger partial charge in [-0.2, -0.15) is 0 Å². The van der Waals surface area contributed by atoms with E-state index in [9.17, 15) is 0 Å². The van der Waals surface area contributed by atoms with Crippen LogP contribution in [0.3, 0.4) is 0 Å². The molecular weight excluding hydrogens is 242 g/mol. The molecule has 1 heterocycles. The highest BCUT2D eigenvalue weighted by Crippen LogP contribution is 2.33. The molecule has 0 atom stereocenters. The molecule has 1 heteroatoms. The molecule has 0 aliphatic rings. The molecule has 1 rings (SSSR count). The molecule has 0 unspecified atom stereocenters. The van der Waals surface area contributed by atoms with Crippen molar-refractivity contribution < 1.29 is 0 Å². The number of hydrogen-bond acceptors (Lipinski definition) is 1. The minimum absolute atomic E-state index is 0.230. The third-order valence-corrected chi connectivity index (χ3v) is 5.20. The summed E-state index contributed by atoms with van der Waals surface area (Å²) in [5.74, 6) is 0. The fraction of sp³-hybridized carbons (Fsp3) is 0.737. The molecule has 1 nitrogen and oxygen atoms in total. The van der Waals surface area contributed by atoms with Gasteiger partial charge in [-0.3, -0.25) is 4.98 Å². The van der Waals surface area contributed by atoms with Gasteiger partial charge in [-0.1, -0.05) is 61.5 Å². The van der Waals surface area contributed by atoms with Crippen LogP contribution in [0.1, 0.15) is 92.3 Å². The maximum Gasteiger partial charge on any atom is 0.0462 e. The zero-order chi connectivity index (χ0) is 15.8. The lowest BCUT2D eigenvalue weighted by molar-refractivity contribution is 0.418. The maximum absolute atomic E-state index is 4.75. The normalized spacial score (nSPS) is 11.8. The van der Waals surface area contributed by atoms with Crippen molar-refractivity contribution in [3.63, 3.8) is 0 Å². The average molecular weight is 277 g/mol. The summed E-state index contributed by atoms with van der Waals surface area (Å²) in [6, 6.07) is 4.53. The SMILES string of the molecule is CC.CCC(C)(CC)c1ccc(C(C)(CC)CC)nc1. The van der Waals surface area contributed by atoms with Crippen molar-refractivity contribution >= 4 is 0 Å². The van der Waals surface area contributed by atoms with E-state index in [-0.39, 0.29) is 10.8 Å². The molecule has 0 saturated carbocycles. The largest absolute Gasteiger partial charge is 0.260 e. The smallest absolute Gasteiger partial charge is 0.0462 e. The first-order chi connectivity index (χ1) is 9.45. The highest BCUT2D eigenvalue weighted by molar-refractivity contribution is 5.26. The molecule has 0 aromatic carbocycles. The number of hydrogen-bond donors (Lipinski definition) is 0. The third kappa shape index (κ3) is 4.07. The Hall–Kier alpha value is -0.850. The van der Waals surface area contributed by atoms with Crippen molar-refractivity contribution in [3.8, 4) is 0 Å². The second-order valence-corrected chi connectivity index (χ2v) is 5.97. The zero-order valence-electron chi connectivity index (χ0n) is 15.0. The van der Waals surface area contributed by atoms with E-state index < -0.39 is 0 Å². The Morgan fingerprint density at radius 1 is 0.800 bits per heavy atom. The predicted octanol–water partition coefficient (Wildman–Crippen LogP) is 6.26. The van der Waals surface area contributed by atoms with Gasteiger partial charge in [0.05, 0.1) is 0 Å². The molecule has 0 radical (unpaired) electrons. The van der Waals surface area contributed by atoms with E-state index in [0.717, 1.165) is 12.8 Å². The van der Waals surface area contributed by atoms with Crippen LogP contribution in [0.2, 0.25) is 0 Å². The predicted molar refractivity (Wildman–Crippen MR) is 91.5 cm³/mol. The molecule has 0 fully saturated rings. The fourth-order valence-electron chi connectivity index (χ4n) is 2.38. The Morgan fingerprint density at radius 3 is 1.55 bits per heavy atom. The van der Waals surface area contributed by atoms with Crippen LogP contribution in [-0.2, 0) is 10.8 Å². The maximum atomic E-state index is 4.75. The van der Waals surface area contributed by atoms with Crippen molar-refractivity contribution in [2.75, 3.05) is 0 Å². The van der Waals surface area contributed by atoms with Crippen LogP contribution in [0.25, 0.3) is 0 Å². The minimum Gasteiger partial charge on any atom is -0.260 e. The standard InChI is InChI=1S/C17H29N.C2H6/c1-7-16(5,8-2)14-11-12-15(18-13-14)17(6,9-3)10-4;1-2/h11-13H,7-10H2,1-6H3;1-2H3. The summed E-state index contributed by atoms with van der Waals surface area (Å²) in [5, 5.41) is 0. The van der Waals surface area contributed by atoms with Crippen LogP contribution in [0, 0.1) is 0 Å². The minimum atomic E-state index is 0.230. The Balaban J connectivity index is 0.00000172. The van der Waals surface area contributed by atoms with Crippen LogP contribution in [0.5, 0.6) is 0 Å². The Bertz CT molecular complexity index is 319. The number of rotatable bonds is 6. The third-order valence-electron chi connectivity index (χ3n) is 5.20. The molecule has 0 amide bonds. The summed E-state index contributed by atoms with van der Waals surface area (Å²) in [6.07, 6.45) is 6.74. The molecule has 0 aliphatic carbocycles. The van der Waals surface area contributed by atoms with E-state index in [2.05, 4.69) is 59.9 Å². The Morgan fingerprint density at radius 2 is 1.25 bits per heavy atom. The first-order valence-electron chi connectivity index (χ1n) is 8.42. The lowest BCUT2D eigenvalue weighted by atomic mass is 9.77. The van der Waals surface area contributed by atoms with Crippen molar-refractivity contribution in [3.05, 3.63) is 29.6 Å². The van der Waals surface area contributed by atoms with Gasteiger partial charge in [0.1, 0.15) is 0 Å². The average Bonchev–Trinajstić information content (AvgIpc) is 2.55. The number of pyridine rings is 1. The van der Waals surface area contributed by atoms with Crippen molar-refractivity contribution in [1.82, 2.24) is 4.98 Å². The lowest BCUT2D eigenvalue weighted by Crippen LogP contribution is -2.23. The van der Waals surface area contributed by atoms with Gasteiger partial charge in [-0.05, 0) is 42.7 Å². The van der Waals surface area contributed by atoms with E-state index in [1.54, 1.807) is 0 Å². The molecule has 20 heavy (non-hydrogen) atoms. The van der Waals surface area contributed by atoms with Crippen molar-refractivity contribution in [2.24, 2.45) is 0 Å². The molecule has 0 aliphatic heterocycles. The van der Waals surface area contributed by atoms with Crippen LogP contribution in [0.4, 0.5) is 0 Å². The van der Waals surface area contributed by atoms with Gasteiger partial charge in [0.25, 0.3) is 0 Å². The van der Waals surface area contributed by atoms with Gasteiger partial charge >= 0.3 is 0 Å². The van der Waals surface area contributed by atoms with Gasteiger partial charge in [0, 0.05) is 17.3 Å². The summed E-state index contributed by atoms with van der Waals surface area (Å²) in [7, 11) is 0. The molecule has 0 spiro atoms. The van der Waals surface area contributed by atoms with E-state index in [4.69, 9.17) is 4.98 Å². The molecule has 1 aromatic rings. The second-order valence-electron chi connectivity index (χ2n) is 5.97. The van der Waals surface area contributed by atoms with Crippen molar-refractivity contribution in [2.45, 2.75) is 91.9 Å². The molecule has 0 saturated heterocycles. The summed E-state index contributed by atoms with van der Waals surface area (Å²) in [5.41, 5.74) is 3.13. The number of nitrogens with zero attached hydrogens (tertiary/aromatic N) is 1. The second kappa shape index (κ2) is 8.44. The van der Waals surface area contributed by atoms with Crippen molar-refractivity contribution in [1.29, 1.82) is 0 Å². The molecule has 1 aromatic heterocycles. The lowest BCUT2D eigenvalue weighted by Gasteiger charge is -2.29. The van der Waals surface area contributed by atoms with Gasteiger partial charge in [-0.25, -0.2) is 0 Å². The van der Waals surface area contributed by atoms with E-state index in [1.165, 1.54) is 24.1 Å². The molecule has 0 N–H and O–H groups in total. The van der Waals surface area contributed by atoms with Gasteiger partial charge in [0.2, 0.25) is 0 Å². The Kier molecular flexibility index (Phi) is 8.08. The van der Waals surface area contributed by atoms with E-state index in [0.29, 0.717) is 0 Å². The van der Waals surface area contributed by atoms with Crippen LogP contribution in [-0.4, -0.2) is 4.98 Å². The molecule has 0 bridgehead atoms.